The van der Waals surface area contributed by atoms with Gasteiger partial charge in [0.2, 0.25) is 0 Å². The standard InChI is InChI=1S/C14H28N2O2/c1-15-14(13-5-8-18-11-13)10-16(2)9-12-3-6-17-7-4-12/h12-15H,3-11H2,1-2H3. The molecule has 1 N–H and O–H groups in total. The minimum atomic E-state index is 0.567. The molecule has 4 heteroatoms. The number of ether oxygens (including phenoxy) is 2. The van der Waals surface area contributed by atoms with Gasteiger partial charge in [-0.1, -0.05) is 0 Å². The van der Waals surface area contributed by atoms with Gasteiger partial charge in [-0.25, -0.2) is 0 Å². The molecule has 0 saturated carbocycles. The van der Waals surface area contributed by atoms with Crippen LogP contribution in [0.1, 0.15) is 19.3 Å². The number of nitrogens with one attached hydrogen (secondary N) is 1. The third kappa shape index (κ3) is 4.19. The molecule has 2 atom stereocenters. The molecular formula is C14H28N2O2. The van der Waals surface area contributed by atoms with Crippen molar-refractivity contribution in [1.29, 1.82) is 0 Å². The second-order valence-electron chi connectivity index (χ2n) is 5.80. The highest BCUT2D eigenvalue weighted by atomic mass is 16.5. The molecule has 0 bridgehead atoms. The first-order valence-electron chi connectivity index (χ1n) is 7.31. The van der Waals surface area contributed by atoms with Crippen molar-refractivity contribution in [3.05, 3.63) is 0 Å². The summed E-state index contributed by atoms with van der Waals surface area (Å²) in [6, 6.07) is 0.567. The Balaban J connectivity index is 1.72. The summed E-state index contributed by atoms with van der Waals surface area (Å²) >= 11 is 0. The molecule has 106 valence electrons. The van der Waals surface area contributed by atoms with Crippen LogP contribution in [0.2, 0.25) is 0 Å². The van der Waals surface area contributed by atoms with Crippen LogP contribution >= 0.6 is 0 Å². The Morgan fingerprint density at radius 1 is 1.17 bits per heavy atom. The Morgan fingerprint density at radius 3 is 2.50 bits per heavy atom. The van der Waals surface area contributed by atoms with Crippen LogP contribution in [0.3, 0.4) is 0 Å². The normalized spacial score (nSPS) is 27.8. The first-order valence-corrected chi connectivity index (χ1v) is 7.31. The number of rotatable bonds is 6. The first kappa shape index (κ1) is 14.3. The monoisotopic (exact) mass is 256 g/mol. The van der Waals surface area contributed by atoms with Gasteiger partial charge in [0.1, 0.15) is 0 Å². The molecule has 2 rings (SSSR count). The van der Waals surface area contributed by atoms with E-state index >= 15 is 0 Å². The van der Waals surface area contributed by atoms with E-state index in [0.29, 0.717) is 12.0 Å². The van der Waals surface area contributed by atoms with Crippen molar-refractivity contribution < 1.29 is 9.47 Å². The highest BCUT2D eigenvalue weighted by molar-refractivity contribution is 4.81. The van der Waals surface area contributed by atoms with Gasteiger partial charge in [0.25, 0.3) is 0 Å². The topological polar surface area (TPSA) is 33.7 Å². The zero-order valence-corrected chi connectivity index (χ0v) is 11.9. The average molecular weight is 256 g/mol. The summed E-state index contributed by atoms with van der Waals surface area (Å²) in [5, 5.41) is 3.47. The van der Waals surface area contributed by atoms with Gasteiger partial charge < -0.3 is 19.7 Å². The fourth-order valence-corrected chi connectivity index (χ4v) is 3.13. The van der Waals surface area contributed by atoms with Gasteiger partial charge >= 0.3 is 0 Å². The Hall–Kier alpha value is -0.160. The van der Waals surface area contributed by atoms with E-state index in [2.05, 4.69) is 24.3 Å². The minimum Gasteiger partial charge on any atom is -0.381 e. The fourth-order valence-electron chi connectivity index (χ4n) is 3.13. The van der Waals surface area contributed by atoms with Crippen LogP contribution in [0, 0.1) is 11.8 Å². The fraction of sp³-hybridized carbons (Fsp3) is 1.00. The summed E-state index contributed by atoms with van der Waals surface area (Å²) < 4.78 is 10.9. The zero-order valence-electron chi connectivity index (χ0n) is 11.9. The van der Waals surface area contributed by atoms with Crippen molar-refractivity contribution in [3.63, 3.8) is 0 Å². The molecule has 2 unspecified atom stereocenters. The summed E-state index contributed by atoms with van der Waals surface area (Å²) in [5.74, 6) is 1.51. The van der Waals surface area contributed by atoms with Crippen molar-refractivity contribution in [2.45, 2.75) is 25.3 Å². The van der Waals surface area contributed by atoms with Crippen LogP contribution in [0.5, 0.6) is 0 Å². The quantitative estimate of drug-likeness (QED) is 0.768. The van der Waals surface area contributed by atoms with E-state index in [4.69, 9.17) is 9.47 Å². The predicted molar refractivity (Wildman–Crippen MR) is 72.8 cm³/mol. The summed E-state index contributed by atoms with van der Waals surface area (Å²) in [6.07, 6.45) is 3.65. The largest absolute Gasteiger partial charge is 0.381 e. The van der Waals surface area contributed by atoms with Crippen molar-refractivity contribution in [2.75, 3.05) is 53.6 Å². The van der Waals surface area contributed by atoms with Gasteiger partial charge in [0.05, 0.1) is 6.61 Å². The van der Waals surface area contributed by atoms with Gasteiger partial charge in [-0.2, -0.15) is 0 Å². The smallest absolute Gasteiger partial charge is 0.0510 e. The van der Waals surface area contributed by atoms with E-state index in [-0.39, 0.29) is 0 Å². The maximum atomic E-state index is 5.50. The number of likely N-dealkylation sites (N-methyl/N-ethyl adjacent to an activating group) is 2. The molecule has 0 aliphatic carbocycles. The Morgan fingerprint density at radius 2 is 1.89 bits per heavy atom. The number of hydrogen-bond acceptors (Lipinski definition) is 4. The van der Waals surface area contributed by atoms with E-state index in [1.165, 1.54) is 25.8 Å². The molecule has 0 radical (unpaired) electrons. The molecule has 2 aliphatic rings. The Kier molecular flexibility index (Phi) is 5.89. The molecule has 2 saturated heterocycles. The van der Waals surface area contributed by atoms with Crippen LogP contribution in [0.4, 0.5) is 0 Å². The third-order valence-corrected chi connectivity index (χ3v) is 4.32. The number of nitrogens with zero attached hydrogens (tertiary/aromatic N) is 1. The van der Waals surface area contributed by atoms with Crippen LogP contribution in [0.15, 0.2) is 0 Å². The molecule has 0 spiro atoms. The second kappa shape index (κ2) is 7.43. The van der Waals surface area contributed by atoms with Crippen molar-refractivity contribution in [2.24, 2.45) is 11.8 Å². The molecule has 2 aliphatic heterocycles. The van der Waals surface area contributed by atoms with E-state index in [9.17, 15) is 0 Å². The number of hydrogen-bond donors (Lipinski definition) is 1. The van der Waals surface area contributed by atoms with Crippen molar-refractivity contribution in [3.8, 4) is 0 Å². The van der Waals surface area contributed by atoms with E-state index in [0.717, 1.165) is 38.9 Å². The minimum absolute atomic E-state index is 0.567. The van der Waals surface area contributed by atoms with Gasteiger partial charge in [-0.05, 0) is 39.3 Å². The van der Waals surface area contributed by atoms with Crippen LogP contribution in [-0.4, -0.2) is 64.6 Å². The van der Waals surface area contributed by atoms with Gasteiger partial charge in [-0.3, -0.25) is 0 Å². The second-order valence-corrected chi connectivity index (χ2v) is 5.80. The molecule has 2 fully saturated rings. The molecule has 0 aromatic heterocycles. The molecule has 0 aromatic rings. The predicted octanol–water partition coefficient (Wildman–Crippen LogP) is 0.969. The zero-order chi connectivity index (χ0) is 12.8. The average Bonchev–Trinajstić information content (AvgIpc) is 2.91. The van der Waals surface area contributed by atoms with Gasteiger partial charge in [-0.15, -0.1) is 0 Å². The maximum absolute atomic E-state index is 5.50. The SMILES string of the molecule is CNC(CN(C)CC1CCOCC1)C1CCOC1. The van der Waals surface area contributed by atoms with Crippen LogP contribution < -0.4 is 5.32 Å². The third-order valence-electron chi connectivity index (χ3n) is 4.32. The lowest BCUT2D eigenvalue weighted by Gasteiger charge is -2.31. The van der Waals surface area contributed by atoms with E-state index < -0.39 is 0 Å². The molecule has 4 nitrogen and oxygen atoms in total. The van der Waals surface area contributed by atoms with Crippen LogP contribution in [0.25, 0.3) is 0 Å². The maximum Gasteiger partial charge on any atom is 0.0510 e. The van der Waals surface area contributed by atoms with Crippen LogP contribution in [-0.2, 0) is 9.47 Å². The Labute approximate surface area is 111 Å². The first-order chi connectivity index (χ1) is 8.79. The van der Waals surface area contributed by atoms with Crippen molar-refractivity contribution >= 4 is 0 Å². The van der Waals surface area contributed by atoms with Gasteiger partial charge in [0.15, 0.2) is 0 Å². The summed E-state index contributed by atoms with van der Waals surface area (Å²) in [5.41, 5.74) is 0. The Bertz CT molecular complexity index is 226. The molecule has 0 amide bonds. The highest BCUT2D eigenvalue weighted by Gasteiger charge is 2.26. The molecular weight excluding hydrogens is 228 g/mol. The molecule has 18 heavy (non-hydrogen) atoms. The van der Waals surface area contributed by atoms with E-state index in [1.54, 1.807) is 0 Å². The lowest BCUT2D eigenvalue weighted by atomic mass is 9.97. The molecule has 0 aromatic carbocycles. The van der Waals surface area contributed by atoms with Gasteiger partial charge in [0, 0.05) is 44.9 Å². The summed E-state index contributed by atoms with van der Waals surface area (Å²) in [4.78, 5) is 2.48. The lowest BCUT2D eigenvalue weighted by molar-refractivity contribution is 0.0537. The summed E-state index contributed by atoms with van der Waals surface area (Å²) in [7, 11) is 4.32. The molecule has 2 heterocycles. The van der Waals surface area contributed by atoms with E-state index in [1.807, 2.05) is 0 Å². The van der Waals surface area contributed by atoms with Crippen molar-refractivity contribution in [1.82, 2.24) is 10.2 Å². The highest BCUT2D eigenvalue weighted by Crippen LogP contribution is 2.19. The summed E-state index contributed by atoms with van der Waals surface area (Å²) in [6.45, 7) is 6.09. The lowest BCUT2D eigenvalue weighted by Crippen LogP contribution is -2.44.